The number of aromatic nitrogens is 2. The minimum atomic E-state index is -3.88. The molecule has 13 nitrogen and oxygen atoms in total. The number of carbonyl (C=O) groups is 1. The van der Waals surface area contributed by atoms with Crippen molar-refractivity contribution in [3.63, 3.8) is 0 Å². The van der Waals surface area contributed by atoms with Crippen molar-refractivity contribution < 1.29 is 27.8 Å². The highest BCUT2D eigenvalue weighted by Crippen LogP contribution is 2.42. The molecule has 0 radical (unpaired) electrons. The van der Waals surface area contributed by atoms with Crippen molar-refractivity contribution in [1.82, 2.24) is 14.7 Å². The van der Waals surface area contributed by atoms with Gasteiger partial charge in [0.05, 0.1) is 30.8 Å². The number of nitrogens with zero attached hydrogens (tertiary/aromatic N) is 2. The molecule has 0 aliphatic carbocycles. The van der Waals surface area contributed by atoms with Crippen LogP contribution in [0.4, 0.5) is 17.1 Å². The average Bonchev–Trinajstić information content (AvgIpc) is 3.35. The molecule has 41 heavy (non-hydrogen) atoms. The Morgan fingerprint density at radius 2 is 1.66 bits per heavy atom. The molecule has 5 rings (SSSR count). The van der Waals surface area contributed by atoms with E-state index >= 15 is 0 Å². The Bertz CT molecular complexity index is 2010. The molecule has 210 valence electrons. The van der Waals surface area contributed by atoms with E-state index in [1.165, 1.54) is 39.5 Å². The minimum absolute atomic E-state index is 0.00274. The molecule has 4 aromatic carbocycles. The second-order valence-corrected chi connectivity index (χ2v) is 10.6. The summed E-state index contributed by atoms with van der Waals surface area (Å²) in [6.07, 6.45) is 0. The first-order valence-electron chi connectivity index (χ1n) is 12.0. The van der Waals surface area contributed by atoms with Crippen LogP contribution in [-0.2, 0) is 10.0 Å². The Kier molecular flexibility index (Phi) is 7.17. The fraction of sp³-hybridized carbons (Fsp3) is 0.111. The number of H-pyrrole nitrogens is 2. The zero-order valence-electron chi connectivity index (χ0n) is 22.0. The number of ether oxygens (including phenoxy) is 2. The van der Waals surface area contributed by atoms with E-state index in [2.05, 4.69) is 30.2 Å². The number of rotatable bonds is 8. The molecule has 0 bridgehead atoms. The van der Waals surface area contributed by atoms with Gasteiger partial charge in [0.25, 0.3) is 5.91 Å². The monoisotopic (exact) mass is 576 g/mol. The number of anilines is 1. The second-order valence-electron chi connectivity index (χ2n) is 8.72. The van der Waals surface area contributed by atoms with Gasteiger partial charge in [0, 0.05) is 23.2 Å². The molecule has 14 heteroatoms. The molecule has 0 unspecified atom stereocenters. The van der Waals surface area contributed by atoms with Gasteiger partial charge in [-0.25, -0.2) is 17.9 Å². The highest BCUT2D eigenvalue weighted by Gasteiger charge is 2.22. The molecule has 0 aliphatic rings. The van der Waals surface area contributed by atoms with Crippen LogP contribution < -0.4 is 25.2 Å². The van der Waals surface area contributed by atoms with Crippen molar-refractivity contribution in [2.75, 3.05) is 26.6 Å². The van der Waals surface area contributed by atoms with Crippen LogP contribution >= 0.6 is 0 Å². The van der Waals surface area contributed by atoms with Crippen LogP contribution in [0, 0.1) is 0 Å². The third-order valence-electron chi connectivity index (χ3n) is 6.29. The molecule has 1 aromatic heterocycles. The Morgan fingerprint density at radius 3 is 2.39 bits per heavy atom. The number of amides is 1. The largest absolute Gasteiger partial charge is 0.505 e. The predicted octanol–water partition coefficient (Wildman–Crippen LogP) is 4.31. The summed E-state index contributed by atoms with van der Waals surface area (Å²) in [5.41, 5.74) is 1.15. The number of aromatic hydroxyl groups is 1. The van der Waals surface area contributed by atoms with Gasteiger partial charge in [-0.15, -0.1) is 10.2 Å². The number of hydrogen-bond acceptors (Lipinski definition) is 9. The van der Waals surface area contributed by atoms with E-state index in [0.717, 1.165) is 0 Å². The molecule has 0 atom stereocenters. The smallest absolute Gasteiger partial charge is 0.323 e. The van der Waals surface area contributed by atoms with Gasteiger partial charge in [-0.2, -0.15) is 0 Å². The Morgan fingerprint density at radius 1 is 0.927 bits per heavy atom. The molecular weight excluding hydrogens is 552 g/mol. The van der Waals surface area contributed by atoms with Crippen LogP contribution in [0.2, 0.25) is 0 Å². The predicted molar refractivity (Wildman–Crippen MR) is 152 cm³/mol. The Hall–Kier alpha value is -5.21. The lowest BCUT2D eigenvalue weighted by molar-refractivity contribution is 0.102. The number of sulfonamides is 1. The summed E-state index contributed by atoms with van der Waals surface area (Å²) in [4.78, 5) is 29.9. The lowest BCUT2D eigenvalue weighted by Crippen LogP contribution is -2.19. The maximum Gasteiger partial charge on any atom is 0.323 e. The number of hydrogen-bond donors (Lipinski definition) is 5. The summed E-state index contributed by atoms with van der Waals surface area (Å²) in [6, 6.07) is 15.9. The number of imidazole rings is 1. The summed E-state index contributed by atoms with van der Waals surface area (Å²) < 4.78 is 37.7. The van der Waals surface area contributed by atoms with E-state index in [0.29, 0.717) is 27.5 Å². The van der Waals surface area contributed by atoms with Gasteiger partial charge in [-0.05, 0) is 36.7 Å². The molecule has 0 spiro atoms. The summed E-state index contributed by atoms with van der Waals surface area (Å²) in [5.74, 6) is -0.972. The summed E-state index contributed by atoms with van der Waals surface area (Å²) in [5, 5.41) is 23.5. The van der Waals surface area contributed by atoms with Crippen molar-refractivity contribution in [2.45, 2.75) is 4.90 Å². The number of nitrogens with one attached hydrogen (secondary N) is 4. The van der Waals surface area contributed by atoms with Gasteiger partial charge in [-0.3, -0.25) is 4.79 Å². The molecule has 1 heterocycles. The standard InChI is InChI=1S/C27H24N6O7S/c1-28-41(37,38)23-13-21(39-2)20(12-22(23)40-3)32-33-24-16-7-5-4-6-14(16)10-17(25(24)34)26(35)29-15-8-9-18-19(11-15)31-27(36)30-18/h4-13,28,34H,1-3H3,(H,29,35)(H2,30,31,36)/b33-32+. The zero-order valence-corrected chi connectivity index (χ0v) is 22.8. The van der Waals surface area contributed by atoms with Crippen LogP contribution in [0.1, 0.15) is 10.4 Å². The number of phenols is 1. The number of azo groups is 1. The van der Waals surface area contributed by atoms with Gasteiger partial charge in [0.15, 0.2) is 5.75 Å². The highest BCUT2D eigenvalue weighted by molar-refractivity contribution is 7.89. The van der Waals surface area contributed by atoms with Crippen LogP contribution in [0.5, 0.6) is 17.2 Å². The third-order valence-corrected chi connectivity index (χ3v) is 7.73. The average molecular weight is 577 g/mol. The van der Waals surface area contributed by atoms with E-state index in [1.807, 2.05) is 0 Å². The van der Waals surface area contributed by atoms with Gasteiger partial charge in [0.2, 0.25) is 10.0 Å². The molecule has 5 aromatic rings. The fourth-order valence-corrected chi connectivity index (χ4v) is 5.15. The van der Waals surface area contributed by atoms with Crippen LogP contribution in [0.3, 0.4) is 0 Å². The number of benzene rings is 4. The maximum absolute atomic E-state index is 13.3. The number of phenolic OH excluding ortho intramolecular Hbond substituents is 1. The molecule has 5 N–H and O–H groups in total. The van der Waals surface area contributed by atoms with Gasteiger partial charge >= 0.3 is 5.69 Å². The van der Waals surface area contributed by atoms with E-state index in [4.69, 9.17) is 9.47 Å². The maximum atomic E-state index is 13.3. The van der Waals surface area contributed by atoms with Gasteiger partial charge < -0.3 is 29.9 Å². The number of aromatic amines is 2. The van der Waals surface area contributed by atoms with Crippen molar-refractivity contribution in [1.29, 1.82) is 0 Å². The number of fused-ring (bicyclic) bond motifs is 2. The van der Waals surface area contributed by atoms with Crippen molar-refractivity contribution in [2.24, 2.45) is 10.2 Å². The minimum Gasteiger partial charge on any atom is -0.505 e. The van der Waals surface area contributed by atoms with Crippen LogP contribution in [0.25, 0.3) is 21.8 Å². The van der Waals surface area contributed by atoms with E-state index in [1.54, 1.807) is 42.5 Å². The number of carbonyl (C=O) groups excluding carboxylic acids is 1. The summed E-state index contributed by atoms with van der Waals surface area (Å²) in [6.45, 7) is 0. The fourth-order valence-electron chi connectivity index (χ4n) is 4.26. The normalized spacial score (nSPS) is 11.8. The highest BCUT2D eigenvalue weighted by atomic mass is 32.2. The lowest BCUT2D eigenvalue weighted by Gasteiger charge is -2.13. The first-order chi connectivity index (χ1) is 19.6. The lowest BCUT2D eigenvalue weighted by atomic mass is 10.0. The van der Waals surface area contributed by atoms with Gasteiger partial charge in [-0.1, -0.05) is 24.3 Å². The zero-order chi connectivity index (χ0) is 29.3. The molecular formula is C27H24N6O7S. The summed E-state index contributed by atoms with van der Waals surface area (Å²) >= 11 is 0. The Labute approximate surface area is 232 Å². The first-order valence-corrected chi connectivity index (χ1v) is 13.5. The van der Waals surface area contributed by atoms with E-state index < -0.39 is 21.7 Å². The molecule has 0 saturated carbocycles. The summed E-state index contributed by atoms with van der Waals surface area (Å²) in [7, 11) is 0.0451. The van der Waals surface area contributed by atoms with Crippen molar-refractivity contribution >= 4 is 54.8 Å². The van der Waals surface area contributed by atoms with Gasteiger partial charge in [0.1, 0.15) is 27.8 Å². The first kappa shape index (κ1) is 27.4. The molecule has 0 fully saturated rings. The quantitative estimate of drug-likeness (QED) is 0.170. The Balaban J connectivity index is 1.57. The van der Waals surface area contributed by atoms with Crippen LogP contribution in [-0.4, -0.2) is 50.7 Å². The van der Waals surface area contributed by atoms with Crippen molar-refractivity contribution in [3.8, 4) is 17.2 Å². The van der Waals surface area contributed by atoms with E-state index in [-0.39, 0.29) is 39.0 Å². The third kappa shape index (κ3) is 5.20. The van der Waals surface area contributed by atoms with E-state index in [9.17, 15) is 23.1 Å². The van der Waals surface area contributed by atoms with Crippen LogP contribution in [0.15, 0.2) is 80.6 Å². The number of methoxy groups -OCH3 is 2. The van der Waals surface area contributed by atoms with Crippen molar-refractivity contribution in [3.05, 3.63) is 76.7 Å². The second kappa shape index (κ2) is 10.7. The SMILES string of the molecule is CNS(=O)(=O)c1cc(OC)c(/N=N/c2c(O)c(C(=O)Nc3ccc4[nH]c(=O)[nH]c4c3)cc3ccccc23)cc1OC. The molecule has 0 aliphatic heterocycles. The molecule has 0 saturated heterocycles. The topological polar surface area (TPSA) is 187 Å². The molecule has 1 amide bonds.